The fourth-order valence-electron chi connectivity index (χ4n) is 5.63. The molecule has 0 radical (unpaired) electrons. The van der Waals surface area contributed by atoms with Crippen molar-refractivity contribution in [1.29, 1.82) is 0 Å². The molecule has 0 unspecified atom stereocenters. The molecule has 0 aliphatic heterocycles. The Hall–Kier alpha value is -4.59. The number of carbonyl (C=O) groups excluding carboxylic acids is 1. The van der Waals surface area contributed by atoms with Gasteiger partial charge < -0.3 is 0 Å². The predicted molar refractivity (Wildman–Crippen MR) is 168 cm³/mol. The molecule has 0 amide bonds. The number of fused-ring (bicyclic) bond motifs is 2. The van der Waals surface area contributed by atoms with E-state index in [4.69, 9.17) is 0 Å². The summed E-state index contributed by atoms with van der Waals surface area (Å²) in [5.74, 6) is -0.187. The number of ketones is 1. The van der Waals surface area contributed by atoms with E-state index in [-0.39, 0.29) is 15.6 Å². The van der Waals surface area contributed by atoms with Crippen molar-refractivity contribution in [2.45, 2.75) is 9.79 Å². The molecule has 6 aromatic rings. The topological polar surface area (TPSA) is 85.3 Å². The van der Waals surface area contributed by atoms with E-state index < -0.39 is 19.7 Å². The van der Waals surface area contributed by atoms with E-state index in [0.717, 1.165) is 21.9 Å². The summed E-state index contributed by atoms with van der Waals surface area (Å²) in [7, 11) is -6.98. The molecule has 0 saturated heterocycles. The first kappa shape index (κ1) is 27.6. The molecule has 0 fully saturated rings. The summed E-state index contributed by atoms with van der Waals surface area (Å²) in [6.45, 7) is 0. The fourth-order valence-corrected chi connectivity index (χ4v) is 7.44. The van der Waals surface area contributed by atoms with Gasteiger partial charge in [0.1, 0.15) is 0 Å². The van der Waals surface area contributed by atoms with Crippen LogP contribution >= 0.6 is 0 Å². The van der Waals surface area contributed by atoms with Gasteiger partial charge in [-0.2, -0.15) is 0 Å². The molecular formula is C35H26O5S2. The van der Waals surface area contributed by atoms with Gasteiger partial charge in [-0.3, -0.25) is 4.79 Å². The highest BCUT2D eigenvalue weighted by Gasteiger charge is 2.22. The molecule has 5 nitrogen and oxygen atoms in total. The van der Waals surface area contributed by atoms with Gasteiger partial charge >= 0.3 is 0 Å². The van der Waals surface area contributed by atoms with Crippen LogP contribution < -0.4 is 0 Å². The zero-order valence-corrected chi connectivity index (χ0v) is 24.5. The molecule has 0 spiro atoms. The van der Waals surface area contributed by atoms with Crippen molar-refractivity contribution in [3.8, 4) is 22.3 Å². The number of hydrogen-bond donors (Lipinski definition) is 0. The lowest BCUT2D eigenvalue weighted by Crippen LogP contribution is -2.05. The van der Waals surface area contributed by atoms with E-state index >= 15 is 0 Å². The van der Waals surface area contributed by atoms with Gasteiger partial charge in [0.05, 0.1) is 9.79 Å². The minimum absolute atomic E-state index is 0.187. The van der Waals surface area contributed by atoms with Gasteiger partial charge in [-0.25, -0.2) is 16.8 Å². The number of sulfone groups is 2. The molecule has 6 aromatic carbocycles. The Morgan fingerprint density at radius 1 is 0.405 bits per heavy atom. The van der Waals surface area contributed by atoms with Gasteiger partial charge in [-0.1, -0.05) is 97.1 Å². The number of carbonyl (C=O) groups is 1. The van der Waals surface area contributed by atoms with Crippen LogP contribution in [0.1, 0.15) is 15.9 Å². The van der Waals surface area contributed by atoms with Gasteiger partial charge in [0.15, 0.2) is 25.5 Å². The Morgan fingerprint density at radius 3 is 1.12 bits per heavy atom. The molecule has 42 heavy (non-hydrogen) atoms. The smallest absolute Gasteiger partial charge is 0.194 e. The largest absolute Gasteiger partial charge is 0.289 e. The molecule has 0 heterocycles. The first-order valence-electron chi connectivity index (χ1n) is 13.2. The summed E-state index contributed by atoms with van der Waals surface area (Å²) < 4.78 is 50.3. The molecule has 0 atom stereocenters. The van der Waals surface area contributed by atoms with Gasteiger partial charge in [-0.05, 0) is 56.9 Å². The highest BCUT2D eigenvalue weighted by Crippen LogP contribution is 2.38. The Balaban J connectivity index is 1.55. The molecule has 0 aromatic heterocycles. The lowest BCUT2D eigenvalue weighted by Gasteiger charge is -2.16. The molecule has 6 rings (SSSR count). The van der Waals surface area contributed by atoms with Crippen LogP contribution in [0.5, 0.6) is 0 Å². The molecule has 0 bridgehead atoms. The number of benzene rings is 6. The van der Waals surface area contributed by atoms with Gasteiger partial charge in [0.25, 0.3) is 0 Å². The second kappa shape index (κ2) is 10.4. The summed E-state index contributed by atoms with van der Waals surface area (Å²) in [5, 5.41) is 2.95. The highest BCUT2D eigenvalue weighted by atomic mass is 32.2. The van der Waals surface area contributed by atoms with Crippen molar-refractivity contribution in [2.24, 2.45) is 0 Å². The Bertz CT molecular complexity index is 2110. The molecular weight excluding hydrogens is 565 g/mol. The van der Waals surface area contributed by atoms with Crippen molar-refractivity contribution < 1.29 is 21.6 Å². The van der Waals surface area contributed by atoms with E-state index in [1.54, 1.807) is 72.8 Å². The van der Waals surface area contributed by atoms with Crippen LogP contribution in [0.3, 0.4) is 0 Å². The van der Waals surface area contributed by atoms with Crippen molar-refractivity contribution in [3.63, 3.8) is 0 Å². The molecule has 0 saturated carbocycles. The Labute approximate surface area is 244 Å². The first-order valence-corrected chi connectivity index (χ1v) is 17.0. The predicted octanol–water partition coefficient (Wildman–Crippen LogP) is 7.37. The summed E-state index contributed by atoms with van der Waals surface area (Å²) in [6, 6.07) is 35.8. The van der Waals surface area contributed by atoms with Crippen molar-refractivity contribution in [1.82, 2.24) is 0 Å². The number of rotatable bonds is 6. The molecule has 208 valence electrons. The molecule has 0 aliphatic rings. The van der Waals surface area contributed by atoms with E-state index in [1.165, 1.54) is 12.5 Å². The van der Waals surface area contributed by atoms with Crippen molar-refractivity contribution >= 4 is 47.0 Å². The van der Waals surface area contributed by atoms with Crippen LogP contribution in [0.25, 0.3) is 43.8 Å². The maximum absolute atomic E-state index is 14.2. The minimum atomic E-state index is -3.49. The SMILES string of the molecule is CS(=O)(=O)c1ccccc1-c1ccc(C(=O)c2ccc(-c3ccccc3S(C)(=O)=O)c3ccccc23)c2ccccc12. The lowest BCUT2D eigenvalue weighted by atomic mass is 9.88. The Kier molecular flexibility index (Phi) is 6.80. The summed E-state index contributed by atoms with van der Waals surface area (Å²) >= 11 is 0. The second-order valence-electron chi connectivity index (χ2n) is 10.3. The third-order valence-electron chi connectivity index (χ3n) is 7.49. The minimum Gasteiger partial charge on any atom is -0.289 e. The average Bonchev–Trinajstić information content (AvgIpc) is 2.99. The van der Waals surface area contributed by atoms with Crippen molar-refractivity contribution in [2.75, 3.05) is 12.5 Å². The monoisotopic (exact) mass is 590 g/mol. The second-order valence-corrected chi connectivity index (χ2v) is 14.2. The van der Waals surface area contributed by atoms with Crippen LogP contribution in [0, 0.1) is 0 Å². The molecule has 0 aliphatic carbocycles. The maximum atomic E-state index is 14.2. The zero-order valence-electron chi connectivity index (χ0n) is 22.9. The summed E-state index contributed by atoms with van der Waals surface area (Å²) in [6.07, 6.45) is 2.38. The van der Waals surface area contributed by atoms with E-state index in [2.05, 4.69) is 0 Å². The first-order chi connectivity index (χ1) is 20.1. The van der Waals surface area contributed by atoms with Crippen LogP contribution in [0.15, 0.2) is 131 Å². The highest BCUT2D eigenvalue weighted by molar-refractivity contribution is 7.91. The van der Waals surface area contributed by atoms with E-state index in [9.17, 15) is 21.6 Å². The summed E-state index contributed by atoms with van der Waals surface area (Å²) in [5.41, 5.74) is 3.58. The third kappa shape index (κ3) is 4.81. The van der Waals surface area contributed by atoms with Crippen LogP contribution in [0.2, 0.25) is 0 Å². The average molecular weight is 591 g/mol. The Morgan fingerprint density at radius 2 is 0.738 bits per heavy atom. The molecule has 0 N–H and O–H groups in total. The third-order valence-corrected chi connectivity index (χ3v) is 9.80. The molecule has 7 heteroatoms. The summed E-state index contributed by atoms with van der Waals surface area (Å²) in [4.78, 5) is 14.7. The van der Waals surface area contributed by atoms with Crippen LogP contribution in [0.4, 0.5) is 0 Å². The van der Waals surface area contributed by atoms with Crippen molar-refractivity contribution in [3.05, 3.63) is 132 Å². The lowest BCUT2D eigenvalue weighted by molar-refractivity contribution is 0.104. The maximum Gasteiger partial charge on any atom is 0.194 e. The fraction of sp³-hybridized carbons (Fsp3) is 0.0571. The van der Waals surface area contributed by atoms with E-state index in [1.807, 2.05) is 48.5 Å². The van der Waals surface area contributed by atoms with Crippen LogP contribution in [-0.4, -0.2) is 35.1 Å². The van der Waals surface area contributed by atoms with Gasteiger partial charge in [-0.15, -0.1) is 0 Å². The van der Waals surface area contributed by atoms with E-state index in [0.29, 0.717) is 33.0 Å². The van der Waals surface area contributed by atoms with Gasteiger partial charge in [0.2, 0.25) is 0 Å². The zero-order chi connectivity index (χ0) is 29.6. The van der Waals surface area contributed by atoms with Crippen LogP contribution in [-0.2, 0) is 19.7 Å². The standard InChI is InChI=1S/C35H26O5S2/c1-41(37,38)33-17-9-7-15-29(33)27-19-21-31(25-13-5-3-11-23(25)27)35(36)32-22-20-28(24-12-4-6-14-26(24)32)30-16-8-10-18-34(30)42(2,39)40/h3-22H,1-2H3. The number of hydrogen-bond acceptors (Lipinski definition) is 5. The van der Waals surface area contributed by atoms with Gasteiger partial charge in [0, 0.05) is 34.8 Å². The quantitative estimate of drug-likeness (QED) is 0.189. The normalized spacial score (nSPS) is 12.0.